The molecule has 0 aliphatic carbocycles. The first kappa shape index (κ1) is 30.5. The predicted octanol–water partition coefficient (Wildman–Crippen LogP) is 2.82. The Balaban J connectivity index is 0.00000168. The van der Waals surface area contributed by atoms with Crippen molar-refractivity contribution < 1.29 is 9.59 Å². The van der Waals surface area contributed by atoms with Crippen LogP contribution in [0.2, 0.25) is 0 Å². The quantitative estimate of drug-likeness (QED) is 0.187. The molecule has 34 heavy (non-hydrogen) atoms. The van der Waals surface area contributed by atoms with E-state index in [9.17, 15) is 4.79 Å². The number of anilines is 1. The molecular formula is C25H34N6O2S. The maximum atomic E-state index is 11.9. The summed E-state index contributed by atoms with van der Waals surface area (Å²) in [5.41, 5.74) is 22.0. The molecule has 3 rings (SSSR count). The van der Waals surface area contributed by atoms with Crippen molar-refractivity contribution in [1.82, 2.24) is 0 Å². The van der Waals surface area contributed by atoms with E-state index in [4.69, 9.17) is 16.3 Å². The van der Waals surface area contributed by atoms with Crippen LogP contribution in [-0.4, -0.2) is 46.6 Å². The highest BCUT2D eigenvalue weighted by Gasteiger charge is 2.15. The second-order valence-electron chi connectivity index (χ2n) is 6.10. The van der Waals surface area contributed by atoms with Gasteiger partial charge in [0.1, 0.15) is 12.5 Å². The number of carbonyl (C=O) groups excluding carboxylic acids is 2. The second kappa shape index (κ2) is 18.0. The van der Waals surface area contributed by atoms with E-state index in [-0.39, 0.29) is 5.70 Å². The zero-order chi connectivity index (χ0) is 25.9. The number of hydrogen-bond donors (Lipinski definition) is 5. The molecule has 0 spiro atoms. The molecule has 0 unspecified atom stereocenters. The van der Waals surface area contributed by atoms with Gasteiger partial charge in [-0.3, -0.25) is 9.79 Å². The van der Waals surface area contributed by atoms with E-state index >= 15 is 0 Å². The van der Waals surface area contributed by atoms with Gasteiger partial charge in [0.25, 0.3) is 5.91 Å². The molecule has 0 aromatic heterocycles. The summed E-state index contributed by atoms with van der Waals surface area (Å²) in [5, 5.41) is 5.50. The van der Waals surface area contributed by atoms with E-state index in [0.717, 1.165) is 26.9 Å². The third kappa shape index (κ3) is 9.16. The minimum Gasteiger partial charge on any atom is -0.384 e. The first-order chi connectivity index (χ1) is 16.6. The van der Waals surface area contributed by atoms with E-state index in [0.29, 0.717) is 18.0 Å². The molecule has 0 saturated carbocycles. The van der Waals surface area contributed by atoms with Crippen molar-refractivity contribution in [3.63, 3.8) is 0 Å². The van der Waals surface area contributed by atoms with Gasteiger partial charge in [-0.05, 0) is 61.4 Å². The average Bonchev–Trinajstić information content (AvgIpc) is 2.91. The maximum absolute atomic E-state index is 11.9. The van der Waals surface area contributed by atoms with E-state index in [2.05, 4.69) is 52.8 Å². The summed E-state index contributed by atoms with van der Waals surface area (Å²) < 4.78 is 0. The van der Waals surface area contributed by atoms with Crippen molar-refractivity contribution in [2.24, 2.45) is 27.9 Å². The Morgan fingerprint density at radius 2 is 1.53 bits per heavy atom. The molecule has 8 nitrogen and oxygen atoms in total. The fraction of sp³-hybridized carbons (Fsp3) is 0.160. The van der Waals surface area contributed by atoms with Crippen molar-refractivity contribution >= 4 is 52.5 Å². The second-order valence-corrected chi connectivity index (χ2v) is 7.19. The summed E-state index contributed by atoms with van der Waals surface area (Å²) in [5.74, 6) is -0.608. The molecule has 1 amide bonds. The van der Waals surface area contributed by atoms with Crippen LogP contribution in [0.4, 0.5) is 5.69 Å². The van der Waals surface area contributed by atoms with Gasteiger partial charge in [-0.15, -0.1) is 0 Å². The fourth-order valence-electron chi connectivity index (χ4n) is 2.81. The number of carbonyl (C=O) groups is 2. The zero-order valence-electron chi connectivity index (χ0n) is 19.7. The number of thioether (sulfide) groups is 1. The Labute approximate surface area is 205 Å². The number of aliphatic imine (C=N–C) groups is 1. The molecule has 0 heterocycles. The van der Waals surface area contributed by atoms with Crippen LogP contribution in [0.15, 0.2) is 82.3 Å². The fourth-order valence-corrected chi connectivity index (χ4v) is 3.88. The summed E-state index contributed by atoms with van der Waals surface area (Å²) in [6, 6.07) is 22.0. The number of primary amides is 1. The lowest BCUT2D eigenvalue weighted by Gasteiger charge is -2.12. The van der Waals surface area contributed by atoms with Crippen LogP contribution in [0.25, 0.3) is 15.7 Å². The highest BCUT2D eigenvalue weighted by atomic mass is 32.2. The molecule has 0 fully saturated rings. The summed E-state index contributed by atoms with van der Waals surface area (Å²) in [7, 11) is 3.00. The average molecular weight is 483 g/mol. The number of amides is 1. The monoisotopic (exact) mass is 482 g/mol. The van der Waals surface area contributed by atoms with Gasteiger partial charge >= 0.3 is 0 Å². The summed E-state index contributed by atoms with van der Waals surface area (Å²) in [4.78, 5) is 25.5. The largest absolute Gasteiger partial charge is 0.384 e. The standard InChI is InChI=1S/C22H22N4OS.2CH5N.CH2O/c1-25-20(22(24)27)21(16-6-9-18(10-7-16)26-13-12-23)28-19-11-8-15-4-2-3-5-17(15)14-19;3*1-2/h2-11,14,26H,1,12-13,23H2,(H2,24,27);2*2H2,1H3;1H2/b21-20-;;;. The maximum Gasteiger partial charge on any atom is 0.268 e. The van der Waals surface area contributed by atoms with Crippen molar-refractivity contribution in [2.75, 3.05) is 32.5 Å². The lowest BCUT2D eigenvalue weighted by Crippen LogP contribution is -2.14. The van der Waals surface area contributed by atoms with Gasteiger partial charge < -0.3 is 33.0 Å². The van der Waals surface area contributed by atoms with Gasteiger partial charge in [0.15, 0.2) is 0 Å². The van der Waals surface area contributed by atoms with Crippen molar-refractivity contribution in [2.45, 2.75) is 4.90 Å². The Hall–Kier alpha value is -3.50. The number of hydrogen-bond acceptors (Lipinski definition) is 8. The van der Waals surface area contributed by atoms with Gasteiger partial charge in [0, 0.05) is 23.7 Å². The summed E-state index contributed by atoms with van der Waals surface area (Å²) in [6.45, 7) is 6.77. The smallest absolute Gasteiger partial charge is 0.268 e. The van der Waals surface area contributed by atoms with Crippen molar-refractivity contribution in [1.29, 1.82) is 0 Å². The van der Waals surface area contributed by atoms with Crippen LogP contribution in [0.1, 0.15) is 5.56 Å². The third-order valence-electron chi connectivity index (χ3n) is 4.17. The molecule has 0 aliphatic heterocycles. The van der Waals surface area contributed by atoms with E-state index < -0.39 is 5.91 Å². The topological polar surface area (TPSA) is 163 Å². The number of nitrogens with one attached hydrogen (secondary N) is 1. The number of nitrogens with zero attached hydrogens (tertiary/aromatic N) is 1. The number of rotatable bonds is 8. The molecule has 0 aliphatic rings. The Kier molecular flexibility index (Phi) is 16.1. The van der Waals surface area contributed by atoms with Crippen LogP contribution in [-0.2, 0) is 9.59 Å². The van der Waals surface area contributed by atoms with Crippen LogP contribution < -0.4 is 28.3 Å². The molecule has 0 radical (unpaired) electrons. The minimum atomic E-state index is -0.608. The molecule has 182 valence electrons. The van der Waals surface area contributed by atoms with Gasteiger partial charge in [-0.1, -0.05) is 54.2 Å². The van der Waals surface area contributed by atoms with E-state index in [1.165, 1.54) is 25.9 Å². The first-order valence-electron chi connectivity index (χ1n) is 10.3. The first-order valence-corrected chi connectivity index (χ1v) is 11.1. The number of nitrogens with two attached hydrogens (primary N) is 4. The normalized spacial score (nSPS) is 10.1. The minimum absolute atomic E-state index is 0.154. The highest BCUT2D eigenvalue weighted by Crippen LogP contribution is 2.38. The highest BCUT2D eigenvalue weighted by molar-refractivity contribution is 8.08. The summed E-state index contributed by atoms with van der Waals surface area (Å²) in [6.07, 6.45) is 0. The molecule has 0 saturated heterocycles. The lowest BCUT2D eigenvalue weighted by molar-refractivity contribution is -0.114. The number of fused-ring (bicyclic) bond motifs is 1. The Morgan fingerprint density at radius 3 is 2.06 bits per heavy atom. The van der Waals surface area contributed by atoms with Crippen LogP contribution >= 0.6 is 11.8 Å². The van der Waals surface area contributed by atoms with Gasteiger partial charge in [0.05, 0.1) is 4.91 Å². The number of benzene rings is 3. The van der Waals surface area contributed by atoms with Crippen LogP contribution in [0, 0.1) is 0 Å². The zero-order valence-corrected chi connectivity index (χ0v) is 20.5. The predicted molar refractivity (Wildman–Crippen MR) is 147 cm³/mol. The van der Waals surface area contributed by atoms with Crippen molar-refractivity contribution in [3.05, 3.63) is 78.0 Å². The lowest BCUT2D eigenvalue weighted by atomic mass is 10.1. The SMILES string of the molecule is C=N/C(C(N)=O)=C(\Sc1ccc2ccccc2c1)c1ccc(NCCN)cc1.C=O.CN.CN. The molecular weight excluding hydrogens is 448 g/mol. The van der Waals surface area contributed by atoms with Gasteiger partial charge in [0.2, 0.25) is 0 Å². The Morgan fingerprint density at radius 1 is 0.941 bits per heavy atom. The Bertz CT molecular complexity index is 1050. The van der Waals surface area contributed by atoms with Gasteiger partial charge in [-0.25, -0.2) is 0 Å². The van der Waals surface area contributed by atoms with Crippen LogP contribution in [0.3, 0.4) is 0 Å². The van der Waals surface area contributed by atoms with E-state index in [1.807, 2.05) is 49.3 Å². The summed E-state index contributed by atoms with van der Waals surface area (Å²) >= 11 is 1.45. The molecule has 9 heteroatoms. The molecule has 3 aromatic carbocycles. The third-order valence-corrected chi connectivity index (χ3v) is 5.29. The molecule has 0 atom stereocenters. The van der Waals surface area contributed by atoms with Crippen LogP contribution in [0.5, 0.6) is 0 Å². The molecule has 9 N–H and O–H groups in total. The molecule has 0 bridgehead atoms. The van der Waals surface area contributed by atoms with Crippen molar-refractivity contribution in [3.8, 4) is 0 Å². The van der Waals surface area contributed by atoms with E-state index in [1.54, 1.807) is 0 Å². The van der Waals surface area contributed by atoms with Gasteiger partial charge in [-0.2, -0.15) is 0 Å². The molecule has 3 aromatic rings.